The van der Waals surface area contributed by atoms with E-state index in [0.717, 1.165) is 16.1 Å². The lowest BCUT2D eigenvalue weighted by Crippen LogP contribution is -2.48. The second kappa shape index (κ2) is 11.0. The number of hydrogen-bond donors (Lipinski definition) is 1. The number of anilines is 1. The predicted octanol–water partition coefficient (Wildman–Crippen LogP) is 4.93. The zero-order valence-corrected chi connectivity index (χ0v) is 21.5. The number of halogens is 1. The van der Waals surface area contributed by atoms with E-state index in [1.54, 1.807) is 12.1 Å². The van der Waals surface area contributed by atoms with Gasteiger partial charge in [-0.15, -0.1) is 6.58 Å². The number of nitrogens with one attached hydrogen (secondary N) is 1. The van der Waals surface area contributed by atoms with Crippen LogP contribution in [0.15, 0.2) is 66.6 Å². The highest BCUT2D eigenvalue weighted by Crippen LogP contribution is 2.47. The fraction of sp³-hybridized carbons (Fsp3) is 0.500. The third-order valence-electron chi connectivity index (χ3n) is 4.70. The summed E-state index contributed by atoms with van der Waals surface area (Å²) in [5, 5.41) is 21.7. The van der Waals surface area contributed by atoms with Gasteiger partial charge in [0, 0.05) is 40.4 Å². The lowest BCUT2D eigenvalue weighted by Gasteiger charge is -2.28. The second-order valence-electron chi connectivity index (χ2n) is 8.21. The number of hydrazine groups is 1. The monoisotopic (exact) mass is 526 g/mol. The highest BCUT2D eigenvalue weighted by atomic mass is 79.9. The van der Waals surface area contributed by atoms with Gasteiger partial charge >= 0.3 is 0 Å². The summed E-state index contributed by atoms with van der Waals surface area (Å²) in [7, 11) is -1.09. The number of amides is 1. The Morgan fingerprint density at radius 1 is 1.26 bits per heavy atom. The summed E-state index contributed by atoms with van der Waals surface area (Å²) in [5.74, 6) is 0.491. The van der Waals surface area contributed by atoms with Crippen LogP contribution in [0.2, 0.25) is 25.7 Å². The Balaban J connectivity index is 2.38. The standard InChI is InChI=1S/C18H27BrN8O2SSi/c1-6-10-18(13-30(29)11-12-31(3,4)5)16-14(19)8-7-9-15(16)27(17(18)28)26-25-24-23-22-21-20-2/h6-9H,1,10-13H2,2-5H3,(H,20,22,24,26)/t18-,30-/m0/s1. The molecule has 1 amide bonds. The minimum absolute atomic E-state index is 0.198. The highest BCUT2D eigenvalue weighted by molar-refractivity contribution is 9.10. The highest BCUT2D eigenvalue weighted by Gasteiger charge is 2.52. The Morgan fingerprint density at radius 3 is 2.61 bits per heavy atom. The molecule has 1 aromatic rings. The van der Waals surface area contributed by atoms with Crippen molar-refractivity contribution in [1.29, 1.82) is 0 Å². The second-order valence-corrected chi connectivity index (χ2v) is 16.3. The molecule has 1 aliphatic rings. The number of nitrogens with zero attached hydrogens (tertiary/aromatic N) is 7. The Kier molecular flexibility index (Phi) is 8.88. The van der Waals surface area contributed by atoms with Crippen LogP contribution in [-0.4, -0.2) is 36.7 Å². The first-order valence-corrected chi connectivity index (χ1v) is 15.6. The van der Waals surface area contributed by atoms with E-state index < -0.39 is 24.3 Å². The van der Waals surface area contributed by atoms with Gasteiger partial charge < -0.3 is 0 Å². The Morgan fingerprint density at radius 2 is 1.97 bits per heavy atom. The van der Waals surface area contributed by atoms with Crippen molar-refractivity contribution in [2.75, 3.05) is 23.6 Å². The molecule has 2 atom stereocenters. The van der Waals surface area contributed by atoms with Crippen molar-refractivity contribution < 1.29 is 9.00 Å². The minimum Gasteiger partial charge on any atom is -0.271 e. The van der Waals surface area contributed by atoms with Crippen LogP contribution >= 0.6 is 15.9 Å². The largest absolute Gasteiger partial charge is 0.271 e. The minimum atomic E-state index is -1.35. The fourth-order valence-corrected chi connectivity index (χ4v) is 8.43. The molecular formula is C18H27BrN8O2SSi. The van der Waals surface area contributed by atoms with E-state index in [2.05, 4.69) is 78.9 Å². The van der Waals surface area contributed by atoms with Gasteiger partial charge in [-0.05, 0) is 50.7 Å². The maximum absolute atomic E-state index is 13.6. The van der Waals surface area contributed by atoms with Crippen molar-refractivity contribution in [1.82, 2.24) is 5.53 Å². The first-order valence-electron chi connectivity index (χ1n) is 9.60. The zero-order chi connectivity index (χ0) is 23.1. The fourth-order valence-electron chi connectivity index (χ4n) is 3.26. The van der Waals surface area contributed by atoms with Crippen molar-refractivity contribution in [2.45, 2.75) is 37.5 Å². The van der Waals surface area contributed by atoms with Crippen LogP contribution < -0.4 is 10.5 Å². The lowest BCUT2D eigenvalue weighted by atomic mass is 9.80. The zero-order valence-electron chi connectivity index (χ0n) is 18.1. The molecule has 0 saturated carbocycles. The van der Waals surface area contributed by atoms with Crippen LogP contribution in [0.5, 0.6) is 0 Å². The molecule has 1 heterocycles. The molecule has 0 spiro atoms. The molecule has 0 unspecified atom stereocenters. The number of carbonyl (C=O) groups is 1. The molecule has 0 bridgehead atoms. The number of allylic oxidation sites excluding steroid dienone is 1. The number of hydrogen-bond acceptors (Lipinski definition) is 4. The molecule has 10 nitrogen and oxygen atoms in total. The van der Waals surface area contributed by atoms with E-state index in [4.69, 9.17) is 0 Å². The molecule has 0 radical (unpaired) electrons. The molecule has 0 aromatic heterocycles. The number of carbonyl (C=O) groups excluding carboxylic acids is 1. The molecule has 13 heteroatoms. The normalized spacial score (nSPS) is 20.2. The third kappa shape index (κ3) is 6.20. The van der Waals surface area contributed by atoms with Gasteiger partial charge in [0.05, 0.1) is 18.2 Å². The Bertz CT molecular complexity index is 934. The number of benzene rings is 1. The Hall–Kier alpha value is -2.12. The van der Waals surface area contributed by atoms with Crippen LogP contribution in [0.3, 0.4) is 0 Å². The van der Waals surface area contributed by atoms with Crippen LogP contribution in [0, 0.1) is 0 Å². The molecule has 0 fully saturated rings. The summed E-state index contributed by atoms with van der Waals surface area (Å²) in [5.41, 5.74) is 2.94. The molecular weight excluding hydrogens is 500 g/mol. The molecule has 1 aromatic carbocycles. The van der Waals surface area contributed by atoms with Crippen molar-refractivity contribution in [3.05, 3.63) is 40.9 Å². The third-order valence-corrected chi connectivity index (χ3v) is 8.95. The van der Waals surface area contributed by atoms with E-state index in [-0.39, 0.29) is 11.7 Å². The van der Waals surface area contributed by atoms with Gasteiger partial charge in [-0.3, -0.25) is 9.00 Å². The van der Waals surface area contributed by atoms with E-state index in [9.17, 15) is 9.00 Å². The van der Waals surface area contributed by atoms with Crippen LogP contribution in [-0.2, 0) is 21.0 Å². The summed E-state index contributed by atoms with van der Waals surface area (Å²) in [6.45, 7) is 10.6. The SMILES string of the molecule is C=CC[C@@]1(C[S@@](=O)CC[Si](C)(C)C)C(=O)N(NN=NN=NN=NC)c2cccc(Br)c21. The van der Waals surface area contributed by atoms with E-state index in [1.165, 1.54) is 12.1 Å². The van der Waals surface area contributed by atoms with Crippen molar-refractivity contribution in [3.8, 4) is 0 Å². The first kappa shape index (κ1) is 25.1. The summed E-state index contributed by atoms with van der Waals surface area (Å²) in [4.78, 5) is 13.6. The van der Waals surface area contributed by atoms with Crippen LogP contribution in [0.1, 0.15) is 12.0 Å². The molecule has 2 rings (SSSR count). The van der Waals surface area contributed by atoms with Crippen molar-refractivity contribution >= 4 is 46.4 Å². The molecule has 1 N–H and O–H groups in total. The quantitative estimate of drug-likeness (QED) is 0.190. The Labute approximate surface area is 193 Å². The van der Waals surface area contributed by atoms with E-state index in [1.807, 2.05) is 12.1 Å². The van der Waals surface area contributed by atoms with Gasteiger partial charge in [-0.1, -0.05) is 47.7 Å². The van der Waals surface area contributed by atoms with E-state index >= 15 is 0 Å². The van der Waals surface area contributed by atoms with Gasteiger partial charge in [0.2, 0.25) is 0 Å². The average Bonchev–Trinajstić information content (AvgIpc) is 2.92. The van der Waals surface area contributed by atoms with Gasteiger partial charge in [0.25, 0.3) is 5.91 Å². The average molecular weight is 528 g/mol. The molecule has 1 aliphatic heterocycles. The van der Waals surface area contributed by atoms with E-state index in [0.29, 0.717) is 17.9 Å². The summed E-state index contributed by atoms with van der Waals surface area (Å²) in [6.07, 6.45) is 2.03. The van der Waals surface area contributed by atoms with Crippen molar-refractivity contribution in [2.24, 2.45) is 31.2 Å². The predicted molar refractivity (Wildman–Crippen MR) is 128 cm³/mol. The molecule has 31 heavy (non-hydrogen) atoms. The molecule has 0 aliphatic carbocycles. The smallest absolute Gasteiger partial charge is 0.258 e. The summed E-state index contributed by atoms with van der Waals surface area (Å²) < 4.78 is 13.8. The topological polar surface area (TPSA) is 124 Å². The molecule has 168 valence electrons. The lowest BCUT2D eigenvalue weighted by molar-refractivity contribution is -0.123. The maximum atomic E-state index is 13.6. The van der Waals surface area contributed by atoms with Crippen molar-refractivity contribution in [3.63, 3.8) is 0 Å². The maximum Gasteiger partial charge on any atom is 0.258 e. The van der Waals surface area contributed by atoms with Gasteiger partial charge in [-0.2, -0.15) is 10.6 Å². The first-order chi connectivity index (χ1) is 14.7. The van der Waals surface area contributed by atoms with Gasteiger partial charge in [0.1, 0.15) is 0 Å². The van der Waals surface area contributed by atoms with Crippen LogP contribution in [0.25, 0.3) is 0 Å². The molecule has 0 saturated heterocycles. The summed E-state index contributed by atoms with van der Waals surface area (Å²) >= 11 is 3.58. The number of rotatable bonds is 11. The van der Waals surface area contributed by atoms with Crippen LogP contribution in [0.4, 0.5) is 5.69 Å². The van der Waals surface area contributed by atoms with Gasteiger partial charge in [0.15, 0.2) is 0 Å². The number of fused-ring (bicyclic) bond motifs is 1. The van der Waals surface area contributed by atoms with Gasteiger partial charge in [-0.25, -0.2) is 5.01 Å². The summed E-state index contributed by atoms with van der Waals surface area (Å²) in [6, 6.07) is 6.40.